The first-order chi connectivity index (χ1) is 20.6. The van der Waals surface area contributed by atoms with Crippen LogP contribution in [-0.4, -0.2) is 133 Å². The van der Waals surface area contributed by atoms with Gasteiger partial charge in [0, 0.05) is 21.0 Å². The number of hydrogen-bond acceptors (Lipinski definition) is 16. The van der Waals surface area contributed by atoms with E-state index in [9.17, 15) is 69.6 Å². The van der Waals surface area contributed by atoms with E-state index in [1.807, 2.05) is 0 Å². The van der Waals surface area contributed by atoms with Crippen molar-refractivity contribution in [3.63, 3.8) is 0 Å². The molecule has 0 aromatic rings. The molecule has 0 aliphatic carbocycles. The van der Waals surface area contributed by atoms with Gasteiger partial charge in [-0.1, -0.05) is 0 Å². The molecule has 0 aromatic carbocycles. The molecule has 0 aliphatic rings. The lowest BCUT2D eigenvalue weighted by Crippen LogP contribution is -2.79. The largest absolute Gasteiger partial charge is 0.481 e. The predicted octanol–water partition coefficient (Wildman–Crippen LogP) is 0.0218. The smallest absolute Gasteiger partial charge is 0.306 e. The van der Waals surface area contributed by atoms with Crippen molar-refractivity contribution in [3.05, 3.63) is 0 Å². The highest BCUT2D eigenvalue weighted by atomic mass is 32.1. The summed E-state index contributed by atoms with van der Waals surface area (Å²) in [6.45, 7) is -3.02. The number of thiol groups is 6. The van der Waals surface area contributed by atoms with Crippen molar-refractivity contribution in [2.24, 2.45) is 5.41 Å². The number of aliphatic hydroxyl groups excluding tert-OH is 2. The van der Waals surface area contributed by atoms with Crippen LogP contribution in [0.2, 0.25) is 0 Å². The minimum Gasteiger partial charge on any atom is -0.481 e. The molecule has 260 valence electrons. The van der Waals surface area contributed by atoms with Gasteiger partial charge in [0.15, 0.2) is 0 Å². The van der Waals surface area contributed by atoms with Gasteiger partial charge in [-0.2, -0.15) is 50.5 Å². The molecule has 45 heavy (non-hydrogen) atoms. The van der Waals surface area contributed by atoms with Gasteiger partial charge in [0.25, 0.3) is 0 Å². The monoisotopic (exact) mass is 760 g/mol. The molecule has 8 N–H and O–H groups in total. The van der Waals surface area contributed by atoms with Gasteiger partial charge in [0.2, 0.25) is 0 Å². The maximum Gasteiger partial charge on any atom is 0.306 e. The normalized spacial score (nSPS) is 18.7. The lowest BCUT2D eigenvalue weighted by Gasteiger charge is -2.64. The number of aliphatic hydroxyl groups is 2. The number of carbonyl (C=O) groups is 6. The Balaban J connectivity index is 8.68. The van der Waals surface area contributed by atoms with Gasteiger partial charge in [0.1, 0.15) is 22.1 Å². The topological polar surface area (TPSA) is 283 Å². The van der Waals surface area contributed by atoms with Gasteiger partial charge in [0.05, 0.1) is 57.2 Å². The molecule has 0 saturated heterocycles. The lowest BCUT2D eigenvalue weighted by molar-refractivity contribution is -0.271. The Morgan fingerprint density at radius 2 is 0.644 bits per heavy atom. The lowest BCUT2D eigenvalue weighted by atomic mass is 9.55. The molecule has 6 atom stereocenters. The van der Waals surface area contributed by atoms with Crippen molar-refractivity contribution in [1.29, 1.82) is 0 Å². The quantitative estimate of drug-likeness (QED) is 0.0456. The minimum atomic E-state index is -2.90. The number of rotatable bonds is 24. The van der Waals surface area contributed by atoms with Crippen molar-refractivity contribution in [2.75, 3.05) is 13.2 Å². The van der Waals surface area contributed by atoms with E-state index >= 15 is 0 Å². The summed E-state index contributed by atoms with van der Waals surface area (Å²) in [7, 11) is 0. The van der Waals surface area contributed by atoms with Crippen molar-refractivity contribution < 1.29 is 79.1 Å². The maximum absolute atomic E-state index is 12.0. The zero-order valence-electron chi connectivity index (χ0n) is 23.1. The standard InChI is InChI=1S/C23H36O16S6/c24-7-21(8-25,22(9(40)1-13(26)27,10(41)2-14(28)29)38-19(44)5-17(34)35)23(11(42)3-15(30)31,12(43)4-16(32)33)39-20(45)6-18(36)37/h9-12,19-20,24-25,40-45H,1-8H2,(H,26,27)(H,28,29)(H,30,31)(H,32,33)(H,34,35)(H,36,37). The Morgan fingerprint density at radius 1 is 0.444 bits per heavy atom. The number of hydrogen-bond donors (Lipinski definition) is 14. The minimum absolute atomic E-state index is 0.972. The first-order valence-electron chi connectivity index (χ1n) is 12.6. The van der Waals surface area contributed by atoms with E-state index in [4.69, 9.17) is 9.47 Å². The molecule has 0 bridgehead atoms. The first-order valence-corrected chi connectivity index (χ1v) is 15.7. The molecular formula is C23H36O16S6. The van der Waals surface area contributed by atoms with Crippen molar-refractivity contribution in [2.45, 2.75) is 81.6 Å². The van der Waals surface area contributed by atoms with Crippen LogP contribution in [0.3, 0.4) is 0 Å². The van der Waals surface area contributed by atoms with Gasteiger partial charge in [-0.05, 0) is 0 Å². The second-order valence-electron chi connectivity index (χ2n) is 9.78. The van der Waals surface area contributed by atoms with Crippen molar-refractivity contribution in [3.8, 4) is 0 Å². The molecule has 0 spiro atoms. The van der Waals surface area contributed by atoms with Crippen LogP contribution in [0.15, 0.2) is 0 Å². The van der Waals surface area contributed by atoms with Crippen molar-refractivity contribution >= 4 is 112 Å². The third-order valence-corrected chi connectivity index (χ3v) is 9.69. The van der Waals surface area contributed by atoms with Gasteiger partial charge in [-0.3, -0.25) is 28.8 Å². The molecule has 0 aromatic heterocycles. The molecule has 16 nitrogen and oxygen atoms in total. The summed E-state index contributed by atoms with van der Waals surface area (Å²) in [5, 5.41) is 72.6. The maximum atomic E-state index is 12.0. The number of aliphatic carboxylic acids is 6. The van der Waals surface area contributed by atoms with Crippen LogP contribution in [-0.2, 0) is 38.2 Å². The first kappa shape index (κ1) is 43.8. The number of carboxylic acids is 6. The average molecular weight is 761 g/mol. The van der Waals surface area contributed by atoms with Crippen LogP contribution in [0.4, 0.5) is 0 Å². The molecule has 0 rings (SSSR count). The predicted molar refractivity (Wildman–Crippen MR) is 174 cm³/mol. The number of ether oxygens (including phenoxy) is 2. The zero-order valence-corrected chi connectivity index (χ0v) is 28.5. The van der Waals surface area contributed by atoms with E-state index in [0.29, 0.717) is 0 Å². The molecule has 0 saturated carbocycles. The molecule has 0 radical (unpaired) electrons. The van der Waals surface area contributed by atoms with E-state index < -0.39 is 136 Å². The highest BCUT2D eigenvalue weighted by Crippen LogP contribution is 2.59. The fourth-order valence-electron chi connectivity index (χ4n) is 5.21. The Morgan fingerprint density at radius 3 is 0.800 bits per heavy atom. The van der Waals surface area contributed by atoms with Gasteiger partial charge in [-0.25, -0.2) is 0 Å². The summed E-state index contributed by atoms with van der Waals surface area (Å²) in [5.41, 5.74) is -12.3. The third kappa shape index (κ3) is 10.9. The van der Waals surface area contributed by atoms with Crippen LogP contribution in [0, 0.1) is 5.41 Å². The van der Waals surface area contributed by atoms with E-state index in [2.05, 4.69) is 75.8 Å². The Bertz CT molecular complexity index is 950. The van der Waals surface area contributed by atoms with Crippen LogP contribution in [0.1, 0.15) is 38.5 Å². The van der Waals surface area contributed by atoms with E-state index in [0.717, 1.165) is 0 Å². The fraction of sp³-hybridized carbons (Fsp3) is 0.739. The molecule has 0 fully saturated rings. The third-order valence-electron chi connectivity index (χ3n) is 6.85. The summed E-state index contributed by atoms with van der Waals surface area (Å²) in [6.07, 6.45) is -6.29. The van der Waals surface area contributed by atoms with E-state index in [-0.39, 0.29) is 0 Å². The Labute approximate surface area is 289 Å². The second-order valence-corrected chi connectivity index (χ2v) is 13.4. The number of carboxylic acid groups (broad SMARTS) is 6. The summed E-state index contributed by atoms with van der Waals surface area (Å²) in [6, 6.07) is 0. The highest BCUT2D eigenvalue weighted by Gasteiger charge is 2.73. The summed E-state index contributed by atoms with van der Waals surface area (Å²) >= 11 is 25.5. The molecule has 0 aliphatic heterocycles. The fourth-order valence-corrected chi connectivity index (χ4v) is 8.68. The van der Waals surface area contributed by atoms with Gasteiger partial charge < -0.3 is 50.3 Å². The van der Waals surface area contributed by atoms with Gasteiger partial charge in [-0.15, -0.1) is 25.3 Å². The van der Waals surface area contributed by atoms with E-state index in [1.165, 1.54) is 0 Å². The summed E-state index contributed by atoms with van der Waals surface area (Å²) in [4.78, 5) is 71.2. The Kier molecular flexibility index (Phi) is 18.4. The molecular weight excluding hydrogens is 725 g/mol. The molecule has 0 heterocycles. The van der Waals surface area contributed by atoms with Crippen LogP contribution >= 0.6 is 75.8 Å². The van der Waals surface area contributed by atoms with Gasteiger partial charge >= 0.3 is 35.8 Å². The van der Waals surface area contributed by atoms with Crippen molar-refractivity contribution in [1.82, 2.24) is 0 Å². The van der Waals surface area contributed by atoms with Crippen LogP contribution < -0.4 is 0 Å². The zero-order chi connectivity index (χ0) is 35.5. The summed E-state index contributed by atoms with van der Waals surface area (Å²) < 4.78 is 12.0. The molecule has 0 amide bonds. The van der Waals surface area contributed by atoms with Crippen LogP contribution in [0.5, 0.6) is 0 Å². The van der Waals surface area contributed by atoms with Crippen LogP contribution in [0.25, 0.3) is 0 Å². The Hall–Kier alpha value is -1.24. The SMILES string of the molecule is O=C(O)CC(S)OC(C(S)CC(=O)O)(C(S)CC(=O)O)C(CO)(CO)C(OC(S)CC(=O)O)(C(S)CC(=O)O)C(S)CC(=O)O. The molecule has 6 unspecified atom stereocenters. The highest BCUT2D eigenvalue weighted by molar-refractivity contribution is 7.82. The molecule has 22 heteroatoms. The van der Waals surface area contributed by atoms with E-state index in [1.54, 1.807) is 0 Å². The average Bonchev–Trinajstić information content (AvgIpc) is 2.85. The second kappa shape index (κ2) is 18.9. The summed E-state index contributed by atoms with van der Waals surface area (Å²) in [5.74, 6) is -9.57.